The summed E-state index contributed by atoms with van der Waals surface area (Å²) in [5, 5.41) is 4.36. The number of benzene rings is 1. The van der Waals surface area contributed by atoms with Crippen LogP contribution in [0, 0.1) is 13.8 Å². The smallest absolute Gasteiger partial charge is 0.338 e. The molecular formula is C20H26N2O4. The number of hydrogen-bond acceptors (Lipinski definition) is 5. The van der Waals surface area contributed by atoms with Crippen molar-refractivity contribution in [1.82, 2.24) is 9.78 Å². The summed E-state index contributed by atoms with van der Waals surface area (Å²) in [6, 6.07) is 6.52. The van der Waals surface area contributed by atoms with E-state index in [2.05, 4.69) is 12.0 Å². The summed E-state index contributed by atoms with van der Waals surface area (Å²) in [4.78, 5) is 24.1. The van der Waals surface area contributed by atoms with Gasteiger partial charge in [0, 0.05) is 5.69 Å². The fraction of sp³-hybridized carbons (Fsp3) is 0.450. The predicted molar refractivity (Wildman–Crippen MR) is 98.8 cm³/mol. The second-order valence-corrected chi connectivity index (χ2v) is 6.09. The molecule has 0 N–H and O–H groups in total. The Labute approximate surface area is 154 Å². The van der Waals surface area contributed by atoms with E-state index in [0.717, 1.165) is 36.2 Å². The minimum absolute atomic E-state index is 0.117. The van der Waals surface area contributed by atoms with Crippen LogP contribution >= 0.6 is 0 Å². The zero-order valence-electron chi connectivity index (χ0n) is 15.9. The lowest BCUT2D eigenvalue weighted by Gasteiger charge is -2.08. The van der Waals surface area contributed by atoms with Gasteiger partial charge in [-0.3, -0.25) is 4.79 Å². The lowest BCUT2D eigenvalue weighted by molar-refractivity contribution is 0.0526. The first-order valence-electron chi connectivity index (χ1n) is 8.96. The average molecular weight is 358 g/mol. The topological polar surface area (TPSA) is 70.4 Å². The number of esters is 1. The normalized spacial score (nSPS) is 10.6. The highest BCUT2D eigenvalue weighted by Crippen LogP contribution is 2.17. The van der Waals surface area contributed by atoms with Crippen LogP contribution in [0.1, 0.15) is 58.8 Å². The second-order valence-electron chi connectivity index (χ2n) is 6.09. The van der Waals surface area contributed by atoms with Gasteiger partial charge in [0.25, 0.3) is 5.91 Å². The number of unbranched alkanes of at least 4 members (excludes halogenated alkanes) is 1. The average Bonchev–Trinajstić information content (AvgIpc) is 2.92. The van der Waals surface area contributed by atoms with Gasteiger partial charge in [-0.15, -0.1) is 0 Å². The Balaban J connectivity index is 1.99. The van der Waals surface area contributed by atoms with Crippen molar-refractivity contribution in [2.75, 3.05) is 13.2 Å². The van der Waals surface area contributed by atoms with E-state index in [1.54, 1.807) is 31.2 Å². The van der Waals surface area contributed by atoms with Crippen LogP contribution in [-0.4, -0.2) is 34.9 Å². The maximum absolute atomic E-state index is 12.4. The van der Waals surface area contributed by atoms with Gasteiger partial charge in [-0.05, 0) is 63.4 Å². The van der Waals surface area contributed by atoms with Crippen LogP contribution in [-0.2, 0) is 11.2 Å². The van der Waals surface area contributed by atoms with Crippen LogP contribution in [0.3, 0.4) is 0 Å². The van der Waals surface area contributed by atoms with Crippen LogP contribution in [0.2, 0.25) is 0 Å². The maximum atomic E-state index is 12.4. The van der Waals surface area contributed by atoms with Gasteiger partial charge in [0.05, 0.1) is 17.9 Å². The highest BCUT2D eigenvalue weighted by atomic mass is 16.5. The molecule has 0 aliphatic rings. The largest absolute Gasteiger partial charge is 0.484 e. The van der Waals surface area contributed by atoms with Gasteiger partial charge in [-0.2, -0.15) is 5.10 Å². The lowest BCUT2D eigenvalue weighted by atomic mass is 10.1. The third-order valence-electron chi connectivity index (χ3n) is 4.19. The molecule has 1 heterocycles. The van der Waals surface area contributed by atoms with E-state index < -0.39 is 0 Å². The third kappa shape index (κ3) is 4.71. The third-order valence-corrected chi connectivity index (χ3v) is 4.19. The quantitative estimate of drug-likeness (QED) is 0.672. The molecule has 6 nitrogen and oxygen atoms in total. The number of rotatable bonds is 8. The molecule has 6 heteroatoms. The van der Waals surface area contributed by atoms with E-state index in [-0.39, 0.29) is 18.5 Å². The van der Waals surface area contributed by atoms with E-state index in [1.807, 2.05) is 13.8 Å². The first-order chi connectivity index (χ1) is 12.5. The monoisotopic (exact) mass is 358 g/mol. The number of aryl methyl sites for hydroxylation is 1. The number of carbonyl (C=O) groups is 2. The zero-order chi connectivity index (χ0) is 19.1. The van der Waals surface area contributed by atoms with Crippen molar-refractivity contribution in [2.45, 2.75) is 47.0 Å². The number of ether oxygens (including phenoxy) is 2. The van der Waals surface area contributed by atoms with E-state index in [9.17, 15) is 9.59 Å². The number of hydrogen-bond donors (Lipinski definition) is 0. The Morgan fingerprint density at radius 3 is 2.42 bits per heavy atom. The molecule has 26 heavy (non-hydrogen) atoms. The molecule has 1 aromatic heterocycles. The Bertz CT molecular complexity index is 763. The molecule has 0 spiro atoms. The first-order valence-corrected chi connectivity index (χ1v) is 8.96. The van der Waals surface area contributed by atoms with Gasteiger partial charge in [0.1, 0.15) is 5.75 Å². The minimum atomic E-state index is -0.377. The molecule has 0 aliphatic carbocycles. The summed E-state index contributed by atoms with van der Waals surface area (Å²) >= 11 is 0. The number of aromatic nitrogens is 2. The first kappa shape index (κ1) is 19.7. The fourth-order valence-corrected chi connectivity index (χ4v) is 2.74. The lowest BCUT2D eigenvalue weighted by Crippen LogP contribution is -2.21. The summed E-state index contributed by atoms with van der Waals surface area (Å²) in [5.74, 6) is -0.0840. The van der Waals surface area contributed by atoms with E-state index in [4.69, 9.17) is 9.47 Å². The Morgan fingerprint density at radius 1 is 1.12 bits per heavy atom. The molecule has 0 amide bonds. The highest BCUT2D eigenvalue weighted by molar-refractivity contribution is 5.89. The van der Waals surface area contributed by atoms with E-state index >= 15 is 0 Å². The molecular weight excluding hydrogens is 332 g/mol. The molecule has 0 radical (unpaired) electrons. The fourth-order valence-electron chi connectivity index (χ4n) is 2.74. The SMILES string of the molecule is CCCCc1c(C)nn(C(=O)COc2ccc(C(=O)OCC)cc2)c1C. The Kier molecular flexibility index (Phi) is 6.95. The van der Waals surface area contributed by atoms with E-state index in [0.29, 0.717) is 17.9 Å². The predicted octanol–water partition coefficient (Wildman–Crippen LogP) is 3.74. The van der Waals surface area contributed by atoms with Crippen molar-refractivity contribution in [1.29, 1.82) is 0 Å². The molecule has 0 atom stereocenters. The van der Waals surface area contributed by atoms with Crippen LogP contribution in [0.15, 0.2) is 24.3 Å². The van der Waals surface area contributed by atoms with Crippen molar-refractivity contribution < 1.29 is 19.1 Å². The van der Waals surface area contributed by atoms with E-state index in [1.165, 1.54) is 4.68 Å². The Morgan fingerprint density at radius 2 is 1.81 bits per heavy atom. The van der Waals surface area contributed by atoms with Gasteiger partial charge < -0.3 is 9.47 Å². The summed E-state index contributed by atoms with van der Waals surface area (Å²) in [6.45, 7) is 7.95. The summed E-state index contributed by atoms with van der Waals surface area (Å²) < 4.78 is 11.9. The van der Waals surface area contributed by atoms with Crippen LogP contribution in [0.4, 0.5) is 0 Å². The number of nitrogens with zero attached hydrogens (tertiary/aromatic N) is 2. The molecule has 0 fully saturated rings. The standard InChI is InChI=1S/C20H26N2O4/c1-5-7-8-18-14(3)21-22(15(18)4)19(23)13-26-17-11-9-16(10-12-17)20(24)25-6-2/h9-12H,5-8,13H2,1-4H3. The van der Waals surface area contributed by atoms with Crippen molar-refractivity contribution in [3.05, 3.63) is 46.8 Å². The van der Waals surface area contributed by atoms with Gasteiger partial charge >= 0.3 is 5.97 Å². The highest BCUT2D eigenvalue weighted by Gasteiger charge is 2.16. The van der Waals surface area contributed by atoms with Crippen LogP contribution in [0.25, 0.3) is 0 Å². The molecule has 2 aromatic rings. The Hall–Kier alpha value is -2.63. The molecule has 0 saturated carbocycles. The summed E-state index contributed by atoms with van der Waals surface area (Å²) in [7, 11) is 0. The van der Waals surface area contributed by atoms with Crippen molar-refractivity contribution in [2.24, 2.45) is 0 Å². The van der Waals surface area contributed by atoms with Gasteiger partial charge in [-0.25, -0.2) is 9.48 Å². The van der Waals surface area contributed by atoms with Gasteiger partial charge in [0.15, 0.2) is 6.61 Å². The van der Waals surface area contributed by atoms with Crippen molar-refractivity contribution in [3.63, 3.8) is 0 Å². The van der Waals surface area contributed by atoms with Gasteiger partial charge in [-0.1, -0.05) is 13.3 Å². The summed E-state index contributed by atoms with van der Waals surface area (Å²) in [5.41, 5.74) is 3.36. The van der Waals surface area contributed by atoms with Crippen molar-refractivity contribution >= 4 is 11.9 Å². The van der Waals surface area contributed by atoms with Gasteiger partial charge in [0.2, 0.25) is 0 Å². The van der Waals surface area contributed by atoms with Crippen LogP contribution < -0.4 is 4.74 Å². The zero-order valence-corrected chi connectivity index (χ0v) is 15.9. The molecule has 0 unspecified atom stereocenters. The molecule has 0 saturated heterocycles. The van der Waals surface area contributed by atoms with Crippen LogP contribution in [0.5, 0.6) is 5.75 Å². The molecule has 1 aromatic carbocycles. The molecule has 2 rings (SSSR count). The minimum Gasteiger partial charge on any atom is -0.484 e. The maximum Gasteiger partial charge on any atom is 0.338 e. The molecule has 0 aliphatic heterocycles. The van der Waals surface area contributed by atoms with Crippen molar-refractivity contribution in [3.8, 4) is 5.75 Å². The number of carbonyl (C=O) groups excluding carboxylic acids is 2. The molecule has 140 valence electrons. The second kappa shape index (κ2) is 9.17. The molecule has 0 bridgehead atoms. The summed E-state index contributed by atoms with van der Waals surface area (Å²) in [6.07, 6.45) is 3.10.